The normalized spacial score (nSPS) is 10.9. The van der Waals surface area contributed by atoms with Crippen LogP contribution < -0.4 is 10.1 Å². The zero-order chi connectivity index (χ0) is 22.1. The van der Waals surface area contributed by atoms with Crippen LogP contribution in [0.15, 0.2) is 48.9 Å². The minimum Gasteiger partial charge on any atom is -0.495 e. The number of benzene rings is 2. The molecule has 0 atom stereocenters. The number of hydrogen-bond donors (Lipinski definition) is 1. The van der Waals surface area contributed by atoms with Gasteiger partial charge >= 0.3 is 0 Å². The van der Waals surface area contributed by atoms with Gasteiger partial charge in [-0.3, -0.25) is 4.79 Å². The summed E-state index contributed by atoms with van der Waals surface area (Å²) in [4.78, 5) is 20.3. The first kappa shape index (κ1) is 20.3. The quantitative estimate of drug-likeness (QED) is 0.473. The number of carbonyl (C=O) groups excluding carboxylic acids is 1. The number of aromatic nitrogens is 5. The van der Waals surface area contributed by atoms with Crippen LogP contribution in [0.3, 0.4) is 0 Å². The first-order valence-corrected chi connectivity index (χ1v) is 9.53. The SMILES string of the molecule is COc1cc(-c2nc(Nc3cc(C(C)=O)ccc3F)n(C)n2)ccc1-n1cnc(C)c1. The van der Waals surface area contributed by atoms with Crippen LogP contribution in [-0.4, -0.2) is 37.2 Å². The molecule has 8 nitrogen and oxygen atoms in total. The Balaban J connectivity index is 1.66. The number of anilines is 2. The van der Waals surface area contributed by atoms with E-state index in [1.165, 1.54) is 29.8 Å². The van der Waals surface area contributed by atoms with Gasteiger partial charge in [0.2, 0.25) is 5.95 Å². The molecular weight excluding hydrogens is 399 g/mol. The van der Waals surface area contributed by atoms with E-state index in [-0.39, 0.29) is 11.5 Å². The fourth-order valence-corrected chi connectivity index (χ4v) is 3.16. The fourth-order valence-electron chi connectivity index (χ4n) is 3.16. The largest absolute Gasteiger partial charge is 0.495 e. The number of nitrogens with zero attached hydrogens (tertiary/aromatic N) is 5. The van der Waals surface area contributed by atoms with Crippen molar-refractivity contribution in [1.82, 2.24) is 24.3 Å². The summed E-state index contributed by atoms with van der Waals surface area (Å²) < 4.78 is 23.2. The second-order valence-electron chi connectivity index (χ2n) is 7.07. The van der Waals surface area contributed by atoms with Crippen LogP contribution in [0.4, 0.5) is 16.0 Å². The van der Waals surface area contributed by atoms with Crippen LogP contribution in [0.25, 0.3) is 17.1 Å². The van der Waals surface area contributed by atoms with Crippen LogP contribution in [0.1, 0.15) is 23.0 Å². The smallest absolute Gasteiger partial charge is 0.226 e. The molecule has 0 amide bonds. The van der Waals surface area contributed by atoms with Crippen LogP contribution >= 0.6 is 0 Å². The molecule has 0 spiro atoms. The highest BCUT2D eigenvalue weighted by Gasteiger charge is 2.15. The van der Waals surface area contributed by atoms with Crippen LogP contribution in [-0.2, 0) is 7.05 Å². The van der Waals surface area contributed by atoms with Crippen molar-refractivity contribution in [2.24, 2.45) is 7.05 Å². The molecule has 158 valence electrons. The molecule has 31 heavy (non-hydrogen) atoms. The minimum absolute atomic E-state index is 0.151. The van der Waals surface area contributed by atoms with Gasteiger partial charge in [-0.05, 0) is 50.2 Å². The van der Waals surface area contributed by atoms with Crippen molar-refractivity contribution < 1.29 is 13.9 Å². The molecule has 0 saturated carbocycles. The second kappa shape index (κ2) is 8.02. The molecule has 0 fully saturated rings. The van der Waals surface area contributed by atoms with Crippen molar-refractivity contribution in [3.05, 3.63) is 66.0 Å². The van der Waals surface area contributed by atoms with Crippen molar-refractivity contribution in [2.45, 2.75) is 13.8 Å². The Morgan fingerprint density at radius 1 is 1.19 bits per heavy atom. The lowest BCUT2D eigenvalue weighted by Gasteiger charge is -2.10. The van der Waals surface area contributed by atoms with Gasteiger partial charge in [0, 0.05) is 24.4 Å². The number of halogens is 1. The average Bonchev–Trinajstić information content (AvgIpc) is 3.34. The lowest BCUT2D eigenvalue weighted by molar-refractivity contribution is 0.101. The molecule has 4 aromatic rings. The van der Waals surface area contributed by atoms with Crippen molar-refractivity contribution >= 4 is 17.4 Å². The van der Waals surface area contributed by atoms with Crippen molar-refractivity contribution in [2.75, 3.05) is 12.4 Å². The van der Waals surface area contributed by atoms with Gasteiger partial charge in [0.05, 0.1) is 30.5 Å². The molecule has 0 aliphatic carbocycles. The first-order valence-electron chi connectivity index (χ1n) is 9.53. The number of aryl methyl sites for hydroxylation is 2. The summed E-state index contributed by atoms with van der Waals surface area (Å²) in [6, 6.07) is 9.76. The number of hydrogen-bond acceptors (Lipinski definition) is 6. The Hall–Kier alpha value is -4.01. The Bertz CT molecular complexity index is 1280. The molecule has 0 aliphatic rings. The van der Waals surface area contributed by atoms with E-state index in [1.54, 1.807) is 20.5 Å². The van der Waals surface area contributed by atoms with E-state index in [2.05, 4.69) is 20.4 Å². The standard InChI is InChI=1S/C22H21FN6O2/c1-13-11-29(12-24-13)19-8-6-16(10-20(19)31-4)21-26-22(28(3)27-21)25-18-9-15(14(2)30)5-7-17(18)23/h5-12H,1-4H3,(H,25,26,27). The van der Waals surface area contributed by atoms with E-state index in [0.29, 0.717) is 23.1 Å². The molecule has 4 rings (SSSR count). The summed E-state index contributed by atoms with van der Waals surface area (Å²) in [6.45, 7) is 3.35. The molecule has 9 heteroatoms. The van der Waals surface area contributed by atoms with Gasteiger partial charge in [0.25, 0.3) is 0 Å². The van der Waals surface area contributed by atoms with E-state index in [4.69, 9.17) is 4.74 Å². The maximum absolute atomic E-state index is 14.2. The van der Waals surface area contributed by atoms with E-state index in [0.717, 1.165) is 16.9 Å². The number of rotatable bonds is 6. The zero-order valence-electron chi connectivity index (χ0n) is 17.5. The van der Waals surface area contributed by atoms with E-state index < -0.39 is 5.82 Å². The summed E-state index contributed by atoms with van der Waals surface area (Å²) in [5.74, 6) is 0.776. The molecule has 0 saturated heterocycles. The number of imidazole rings is 1. The van der Waals surface area contributed by atoms with E-state index in [1.807, 2.05) is 35.9 Å². The minimum atomic E-state index is -0.490. The van der Waals surface area contributed by atoms with E-state index >= 15 is 0 Å². The van der Waals surface area contributed by atoms with Crippen LogP contribution in [0.2, 0.25) is 0 Å². The number of methoxy groups -OCH3 is 1. The summed E-state index contributed by atoms with van der Waals surface area (Å²) in [5, 5.41) is 7.34. The van der Waals surface area contributed by atoms with Gasteiger partial charge in [-0.15, -0.1) is 5.10 Å². The third-order valence-electron chi connectivity index (χ3n) is 4.81. The van der Waals surface area contributed by atoms with Gasteiger partial charge < -0.3 is 14.6 Å². The molecule has 2 heterocycles. The van der Waals surface area contributed by atoms with Gasteiger partial charge in [0.15, 0.2) is 11.6 Å². The first-order chi connectivity index (χ1) is 14.9. The predicted molar refractivity (Wildman–Crippen MR) is 115 cm³/mol. The number of carbonyl (C=O) groups is 1. The molecule has 0 radical (unpaired) electrons. The number of ketones is 1. The Labute approximate surface area is 178 Å². The zero-order valence-corrected chi connectivity index (χ0v) is 17.5. The third kappa shape index (κ3) is 4.02. The summed E-state index contributed by atoms with van der Waals surface area (Å²) in [6.07, 6.45) is 3.62. The number of nitrogens with one attached hydrogen (secondary N) is 1. The van der Waals surface area contributed by atoms with Gasteiger partial charge in [-0.1, -0.05) is 0 Å². The maximum atomic E-state index is 14.2. The monoisotopic (exact) mass is 420 g/mol. The second-order valence-corrected chi connectivity index (χ2v) is 7.07. The molecule has 2 aromatic heterocycles. The Morgan fingerprint density at radius 3 is 2.68 bits per heavy atom. The van der Waals surface area contributed by atoms with Gasteiger partial charge in [-0.25, -0.2) is 14.1 Å². The van der Waals surface area contributed by atoms with Crippen LogP contribution in [0, 0.1) is 12.7 Å². The Kier molecular flexibility index (Phi) is 5.24. The molecule has 0 aliphatic heterocycles. The third-order valence-corrected chi connectivity index (χ3v) is 4.81. The predicted octanol–water partition coefficient (Wildman–Crippen LogP) is 4.07. The summed E-state index contributed by atoms with van der Waals surface area (Å²) in [5.41, 5.74) is 3.03. The molecule has 0 unspecified atom stereocenters. The topological polar surface area (TPSA) is 86.9 Å². The van der Waals surface area contributed by atoms with E-state index in [9.17, 15) is 9.18 Å². The highest BCUT2D eigenvalue weighted by molar-refractivity contribution is 5.95. The van der Waals surface area contributed by atoms with Crippen molar-refractivity contribution in [3.63, 3.8) is 0 Å². The summed E-state index contributed by atoms with van der Waals surface area (Å²) in [7, 11) is 3.29. The van der Waals surface area contributed by atoms with Crippen LogP contribution in [0.5, 0.6) is 5.75 Å². The van der Waals surface area contributed by atoms with Crippen molar-refractivity contribution in [3.8, 4) is 22.8 Å². The number of ether oxygens (including phenoxy) is 1. The average molecular weight is 420 g/mol. The lowest BCUT2D eigenvalue weighted by atomic mass is 10.1. The maximum Gasteiger partial charge on any atom is 0.226 e. The molecule has 2 aromatic carbocycles. The molecular formula is C22H21FN6O2. The molecule has 1 N–H and O–H groups in total. The Morgan fingerprint density at radius 2 is 2.00 bits per heavy atom. The highest BCUT2D eigenvalue weighted by Crippen LogP contribution is 2.29. The van der Waals surface area contributed by atoms with Gasteiger partial charge in [-0.2, -0.15) is 4.98 Å². The molecule has 0 bridgehead atoms. The fraction of sp³-hybridized carbons (Fsp3) is 0.182. The van der Waals surface area contributed by atoms with Crippen molar-refractivity contribution in [1.29, 1.82) is 0 Å². The lowest BCUT2D eigenvalue weighted by Crippen LogP contribution is -2.03. The highest BCUT2D eigenvalue weighted by atomic mass is 19.1. The number of Topliss-reactive ketones (excluding diaryl/α,β-unsaturated/α-hetero) is 1. The summed E-state index contributed by atoms with van der Waals surface area (Å²) >= 11 is 0. The van der Waals surface area contributed by atoms with Gasteiger partial charge in [0.1, 0.15) is 11.6 Å².